The molecule has 29 heavy (non-hydrogen) atoms. The minimum atomic E-state index is 0.259. The zero-order valence-corrected chi connectivity index (χ0v) is 17.5. The predicted molar refractivity (Wildman–Crippen MR) is 119 cm³/mol. The Bertz CT molecular complexity index is 801. The van der Waals surface area contributed by atoms with Crippen LogP contribution in [0.4, 0.5) is 0 Å². The van der Waals surface area contributed by atoms with E-state index in [9.17, 15) is 4.79 Å². The number of amides is 1. The second-order valence-electron chi connectivity index (χ2n) is 7.71. The highest BCUT2D eigenvalue weighted by atomic mass is 16.2. The Morgan fingerprint density at radius 2 is 1.83 bits per heavy atom. The van der Waals surface area contributed by atoms with Crippen LogP contribution < -0.4 is 10.6 Å². The number of nitrogens with one attached hydrogen (secondary N) is 2. The van der Waals surface area contributed by atoms with Gasteiger partial charge in [-0.1, -0.05) is 60.2 Å². The van der Waals surface area contributed by atoms with Crippen molar-refractivity contribution in [2.24, 2.45) is 10.9 Å². The highest BCUT2D eigenvalue weighted by Crippen LogP contribution is 2.17. The van der Waals surface area contributed by atoms with Crippen LogP contribution in [-0.2, 0) is 17.8 Å². The quantitative estimate of drug-likeness (QED) is 0.536. The minimum absolute atomic E-state index is 0.259. The summed E-state index contributed by atoms with van der Waals surface area (Å²) in [7, 11) is 0. The molecule has 1 heterocycles. The predicted octanol–water partition coefficient (Wildman–Crippen LogP) is 3.14. The summed E-state index contributed by atoms with van der Waals surface area (Å²) in [5.41, 5.74) is 3.72. The third-order valence-electron chi connectivity index (χ3n) is 5.25. The second-order valence-corrected chi connectivity index (χ2v) is 7.71. The van der Waals surface area contributed by atoms with E-state index in [0.29, 0.717) is 18.9 Å². The second kappa shape index (κ2) is 10.6. The standard InChI is InChI=1S/C24H32N4O/c1-3-25-24(26-16-21-11-9-19(2)10-12-21)27-17-22-15-23(29)28(18-22)14-13-20-7-5-4-6-8-20/h4-12,22H,3,13-18H2,1-2H3,(H2,25,26,27). The van der Waals surface area contributed by atoms with E-state index in [0.717, 1.165) is 38.6 Å². The summed E-state index contributed by atoms with van der Waals surface area (Å²) in [6, 6.07) is 18.8. The van der Waals surface area contributed by atoms with Gasteiger partial charge in [-0.25, -0.2) is 4.99 Å². The Morgan fingerprint density at radius 3 is 2.55 bits per heavy atom. The third kappa shape index (κ3) is 6.63. The molecule has 5 nitrogen and oxygen atoms in total. The van der Waals surface area contributed by atoms with E-state index in [-0.39, 0.29) is 5.91 Å². The maximum Gasteiger partial charge on any atom is 0.223 e. The molecule has 1 saturated heterocycles. The van der Waals surface area contributed by atoms with E-state index >= 15 is 0 Å². The van der Waals surface area contributed by atoms with Crippen molar-refractivity contribution in [1.29, 1.82) is 0 Å². The van der Waals surface area contributed by atoms with Crippen molar-refractivity contribution in [3.63, 3.8) is 0 Å². The molecule has 1 fully saturated rings. The van der Waals surface area contributed by atoms with Gasteiger partial charge in [-0.3, -0.25) is 4.79 Å². The Morgan fingerprint density at radius 1 is 1.07 bits per heavy atom. The number of nitrogens with zero attached hydrogens (tertiary/aromatic N) is 2. The number of likely N-dealkylation sites (tertiary alicyclic amines) is 1. The molecule has 1 unspecified atom stereocenters. The zero-order valence-electron chi connectivity index (χ0n) is 17.5. The number of benzene rings is 2. The summed E-state index contributed by atoms with van der Waals surface area (Å²) < 4.78 is 0. The Balaban J connectivity index is 1.47. The van der Waals surface area contributed by atoms with Gasteiger partial charge in [0.2, 0.25) is 5.91 Å². The lowest BCUT2D eigenvalue weighted by Crippen LogP contribution is -2.40. The Labute approximate surface area is 174 Å². The fourth-order valence-corrected chi connectivity index (χ4v) is 3.56. The summed E-state index contributed by atoms with van der Waals surface area (Å²) in [4.78, 5) is 19.0. The van der Waals surface area contributed by atoms with Gasteiger partial charge >= 0.3 is 0 Å². The van der Waals surface area contributed by atoms with Crippen LogP contribution in [0.15, 0.2) is 59.6 Å². The van der Waals surface area contributed by atoms with Gasteiger partial charge in [0.05, 0.1) is 6.54 Å². The molecule has 1 aliphatic heterocycles. The monoisotopic (exact) mass is 392 g/mol. The number of rotatable bonds is 8. The van der Waals surface area contributed by atoms with Gasteiger partial charge in [-0.2, -0.15) is 0 Å². The Kier molecular flexibility index (Phi) is 7.68. The number of carbonyl (C=O) groups is 1. The molecule has 2 aromatic carbocycles. The first-order chi connectivity index (χ1) is 14.1. The fraction of sp³-hybridized carbons (Fsp3) is 0.417. The molecule has 0 aliphatic carbocycles. The lowest BCUT2D eigenvalue weighted by molar-refractivity contribution is -0.127. The van der Waals surface area contributed by atoms with Gasteiger partial charge in [0, 0.05) is 38.5 Å². The van der Waals surface area contributed by atoms with E-state index < -0.39 is 0 Å². The zero-order chi connectivity index (χ0) is 20.5. The van der Waals surface area contributed by atoms with Crippen molar-refractivity contribution >= 4 is 11.9 Å². The molecule has 1 atom stereocenters. The minimum Gasteiger partial charge on any atom is -0.357 e. The lowest BCUT2D eigenvalue weighted by atomic mass is 10.1. The SMILES string of the molecule is CCNC(=NCc1ccc(C)cc1)NCC1CC(=O)N(CCc2ccccc2)C1. The molecule has 1 aliphatic rings. The van der Waals surface area contributed by atoms with Crippen LogP contribution in [-0.4, -0.2) is 42.9 Å². The normalized spacial score (nSPS) is 16.9. The van der Waals surface area contributed by atoms with Crippen molar-refractivity contribution in [2.75, 3.05) is 26.2 Å². The average molecular weight is 393 g/mol. The van der Waals surface area contributed by atoms with Gasteiger partial charge in [0.1, 0.15) is 0 Å². The van der Waals surface area contributed by atoms with Crippen LogP contribution in [0.5, 0.6) is 0 Å². The molecule has 0 bridgehead atoms. The van der Waals surface area contributed by atoms with E-state index in [2.05, 4.69) is 65.9 Å². The first-order valence-corrected chi connectivity index (χ1v) is 10.5. The van der Waals surface area contributed by atoms with Crippen LogP contribution in [0.25, 0.3) is 0 Å². The number of hydrogen-bond donors (Lipinski definition) is 2. The molecule has 1 amide bonds. The summed E-state index contributed by atoms with van der Waals surface area (Å²) in [6.07, 6.45) is 1.52. The fourth-order valence-electron chi connectivity index (χ4n) is 3.56. The van der Waals surface area contributed by atoms with Crippen LogP contribution in [0.2, 0.25) is 0 Å². The summed E-state index contributed by atoms with van der Waals surface area (Å²) in [5, 5.41) is 6.72. The van der Waals surface area contributed by atoms with Gasteiger partial charge in [-0.05, 0) is 31.4 Å². The largest absolute Gasteiger partial charge is 0.357 e. The molecule has 3 rings (SSSR count). The topological polar surface area (TPSA) is 56.7 Å². The highest BCUT2D eigenvalue weighted by molar-refractivity contribution is 5.81. The van der Waals surface area contributed by atoms with Gasteiger partial charge in [0.15, 0.2) is 5.96 Å². The lowest BCUT2D eigenvalue weighted by Gasteiger charge is -2.18. The van der Waals surface area contributed by atoms with Crippen LogP contribution in [0, 0.1) is 12.8 Å². The first kappa shape index (κ1) is 20.9. The summed E-state index contributed by atoms with van der Waals surface area (Å²) in [5.74, 6) is 1.39. The first-order valence-electron chi connectivity index (χ1n) is 10.5. The molecule has 0 saturated carbocycles. The molecule has 0 spiro atoms. The van der Waals surface area contributed by atoms with Gasteiger partial charge in [-0.15, -0.1) is 0 Å². The molecular weight excluding hydrogens is 360 g/mol. The van der Waals surface area contributed by atoms with Gasteiger partial charge in [0.25, 0.3) is 0 Å². The molecule has 154 valence electrons. The van der Waals surface area contributed by atoms with E-state index in [1.54, 1.807) is 0 Å². The Hall–Kier alpha value is -2.82. The maximum absolute atomic E-state index is 12.4. The number of guanidine groups is 1. The van der Waals surface area contributed by atoms with Crippen molar-refractivity contribution in [1.82, 2.24) is 15.5 Å². The van der Waals surface area contributed by atoms with Crippen molar-refractivity contribution in [3.05, 3.63) is 71.3 Å². The van der Waals surface area contributed by atoms with E-state index in [1.807, 2.05) is 23.1 Å². The molecular formula is C24H32N4O. The smallest absolute Gasteiger partial charge is 0.223 e. The van der Waals surface area contributed by atoms with Crippen molar-refractivity contribution in [2.45, 2.75) is 33.2 Å². The number of hydrogen-bond acceptors (Lipinski definition) is 2. The number of aliphatic imine (C=N–C) groups is 1. The van der Waals surface area contributed by atoms with Crippen LogP contribution in [0.3, 0.4) is 0 Å². The number of aryl methyl sites for hydroxylation is 1. The van der Waals surface area contributed by atoms with Crippen LogP contribution in [0.1, 0.15) is 30.0 Å². The average Bonchev–Trinajstić information content (AvgIpc) is 3.10. The molecule has 0 radical (unpaired) electrons. The van der Waals surface area contributed by atoms with Crippen molar-refractivity contribution < 1.29 is 4.79 Å². The molecule has 0 aromatic heterocycles. The van der Waals surface area contributed by atoms with Gasteiger partial charge < -0.3 is 15.5 Å². The van der Waals surface area contributed by atoms with E-state index in [4.69, 9.17) is 0 Å². The van der Waals surface area contributed by atoms with E-state index in [1.165, 1.54) is 16.7 Å². The van der Waals surface area contributed by atoms with Crippen molar-refractivity contribution in [3.8, 4) is 0 Å². The summed E-state index contributed by atoms with van der Waals surface area (Å²) >= 11 is 0. The summed E-state index contributed by atoms with van der Waals surface area (Å²) in [6.45, 7) is 7.97. The van der Waals surface area contributed by atoms with Crippen LogP contribution >= 0.6 is 0 Å². The molecule has 5 heteroatoms. The molecule has 2 N–H and O–H groups in total. The highest BCUT2D eigenvalue weighted by Gasteiger charge is 2.29. The third-order valence-corrected chi connectivity index (χ3v) is 5.25. The number of carbonyl (C=O) groups excluding carboxylic acids is 1. The molecule has 2 aromatic rings. The maximum atomic E-state index is 12.4.